The Bertz CT molecular complexity index is 1440. The van der Waals surface area contributed by atoms with Crippen LogP contribution in [0.4, 0.5) is 0 Å². The molecule has 0 unspecified atom stereocenters. The van der Waals surface area contributed by atoms with E-state index in [-0.39, 0.29) is 17.7 Å². The number of phenolic OH excluding ortho intramolecular Hbond substituents is 1. The fourth-order valence-electron chi connectivity index (χ4n) is 7.90. The van der Waals surface area contributed by atoms with Gasteiger partial charge < -0.3 is 19.3 Å². The Balaban J connectivity index is 0.000000246. The van der Waals surface area contributed by atoms with Gasteiger partial charge in [-0.25, -0.2) is 0 Å². The van der Waals surface area contributed by atoms with Gasteiger partial charge in [-0.05, 0) is 120 Å². The molecule has 2 aliphatic carbocycles. The van der Waals surface area contributed by atoms with Crippen molar-refractivity contribution in [3.8, 4) is 23.0 Å². The van der Waals surface area contributed by atoms with Crippen LogP contribution in [0.5, 0.6) is 23.0 Å². The molecule has 2 aromatic carbocycles. The van der Waals surface area contributed by atoms with Gasteiger partial charge in [0, 0.05) is 28.9 Å². The maximum absolute atomic E-state index is 10.7. The molecule has 5 rings (SSSR count). The predicted molar refractivity (Wildman–Crippen MR) is 198 cm³/mol. The summed E-state index contributed by atoms with van der Waals surface area (Å²) in [5.74, 6) is 5.02. The molecule has 49 heavy (non-hydrogen) atoms. The van der Waals surface area contributed by atoms with Crippen molar-refractivity contribution in [3.05, 3.63) is 69.8 Å². The Hall–Kier alpha value is -3.50. The zero-order valence-corrected chi connectivity index (χ0v) is 31.7. The van der Waals surface area contributed by atoms with E-state index in [1.807, 2.05) is 6.07 Å². The fraction of sp³-hybridized carbons (Fsp3) is 0.605. The number of ether oxygens (including phenoxy) is 3. The predicted octanol–water partition coefficient (Wildman–Crippen LogP) is 11.0. The molecule has 2 aromatic rings. The van der Waals surface area contributed by atoms with Crippen molar-refractivity contribution in [1.29, 1.82) is 0 Å². The number of aromatic hydroxyl groups is 1. The second-order valence-corrected chi connectivity index (χ2v) is 14.9. The summed E-state index contributed by atoms with van der Waals surface area (Å²) < 4.78 is 17.9. The summed E-state index contributed by atoms with van der Waals surface area (Å²) in [6.07, 6.45) is 19.2. The Kier molecular flexibility index (Phi) is 15.5. The third-order valence-electron chi connectivity index (χ3n) is 10.7. The quantitative estimate of drug-likeness (QED) is 0.189. The van der Waals surface area contributed by atoms with Crippen LogP contribution in [0.2, 0.25) is 0 Å². The van der Waals surface area contributed by atoms with Crippen LogP contribution >= 0.6 is 0 Å². The van der Waals surface area contributed by atoms with E-state index in [9.17, 15) is 5.11 Å². The first kappa shape index (κ1) is 39.9. The van der Waals surface area contributed by atoms with E-state index in [1.165, 1.54) is 79.2 Å². The number of phenols is 1. The van der Waals surface area contributed by atoms with Crippen molar-refractivity contribution < 1.29 is 28.9 Å². The summed E-state index contributed by atoms with van der Waals surface area (Å²) in [4.78, 5) is 16.2. The molecule has 0 aromatic heterocycles. The maximum Gasteiger partial charge on any atom is 0.373 e. The Morgan fingerprint density at radius 3 is 1.84 bits per heavy atom. The molecule has 1 heterocycles. The minimum absolute atomic E-state index is 0.177. The Labute approximate surface area is 296 Å². The molecule has 3 aliphatic rings. The minimum atomic E-state index is -0.177. The van der Waals surface area contributed by atoms with E-state index >= 15 is 0 Å². The average Bonchev–Trinajstić information content (AvgIpc) is 3.05. The van der Waals surface area contributed by atoms with Crippen molar-refractivity contribution in [1.82, 2.24) is 0 Å². The lowest BCUT2D eigenvalue weighted by molar-refractivity contribution is -0.191. The standard InChI is InChI=1S/C21H30O2.C21H32O2.CO2/c1-5-6-7-8-15-12-18(22)20-16-11-14(2)9-10-17(16)21(3,4)23-19(20)13-15;1-6-7-8-9-17-13-19(22-4)21(20(14-17)23-5)18-12-15(2)10-11-16(18)3;2-1-3/h11-13,16-17,22H,5-10H2,1-4H3;12-14,16,18H,6-11H2,1-5H3;/t16-,17-;16-,18-;/m11./s1. The summed E-state index contributed by atoms with van der Waals surface area (Å²) in [5, 5.41) is 10.7. The molecule has 0 saturated heterocycles. The molecule has 4 atom stereocenters. The molecular weight excluding hydrogens is 612 g/mol. The number of unbranched alkanes of at least 4 members (excludes halogenated alkanes) is 4. The van der Waals surface area contributed by atoms with Crippen LogP contribution in [-0.4, -0.2) is 31.1 Å². The number of benzene rings is 2. The lowest BCUT2D eigenvalue weighted by Gasteiger charge is -2.46. The third kappa shape index (κ3) is 10.5. The van der Waals surface area contributed by atoms with E-state index in [0.29, 0.717) is 23.5 Å². The maximum atomic E-state index is 10.7. The van der Waals surface area contributed by atoms with E-state index in [4.69, 9.17) is 23.8 Å². The second-order valence-electron chi connectivity index (χ2n) is 14.9. The normalized spacial score (nSPS) is 21.8. The van der Waals surface area contributed by atoms with E-state index in [1.54, 1.807) is 14.2 Å². The van der Waals surface area contributed by atoms with Gasteiger partial charge in [0.2, 0.25) is 0 Å². The molecule has 0 amide bonds. The highest BCUT2D eigenvalue weighted by Crippen LogP contribution is 2.53. The van der Waals surface area contributed by atoms with Crippen LogP contribution in [-0.2, 0) is 22.4 Å². The molecule has 0 spiro atoms. The minimum Gasteiger partial charge on any atom is -0.507 e. The third-order valence-corrected chi connectivity index (χ3v) is 10.7. The van der Waals surface area contributed by atoms with Crippen LogP contribution in [0.1, 0.15) is 147 Å². The smallest absolute Gasteiger partial charge is 0.373 e. The lowest BCUT2D eigenvalue weighted by atomic mass is 9.68. The molecule has 1 N–H and O–H groups in total. The van der Waals surface area contributed by atoms with Gasteiger partial charge in [0.25, 0.3) is 0 Å². The zero-order valence-electron chi connectivity index (χ0n) is 31.7. The molecule has 0 radical (unpaired) electrons. The highest BCUT2D eigenvalue weighted by molar-refractivity contribution is 5.54. The lowest BCUT2D eigenvalue weighted by Crippen LogP contribution is -2.45. The van der Waals surface area contributed by atoms with Gasteiger partial charge in [0.15, 0.2) is 0 Å². The first-order valence-corrected chi connectivity index (χ1v) is 18.6. The molecular formula is C43H62O6. The van der Waals surface area contributed by atoms with Crippen molar-refractivity contribution in [2.24, 2.45) is 11.8 Å². The highest BCUT2D eigenvalue weighted by Gasteiger charge is 2.45. The molecule has 0 fully saturated rings. The summed E-state index contributed by atoms with van der Waals surface area (Å²) in [5.41, 5.74) is 7.48. The van der Waals surface area contributed by atoms with Gasteiger partial charge in [-0.1, -0.05) is 69.8 Å². The largest absolute Gasteiger partial charge is 0.507 e. The number of fused-ring (bicyclic) bond motifs is 3. The second kappa shape index (κ2) is 19.0. The van der Waals surface area contributed by atoms with Gasteiger partial charge in [-0.3, -0.25) is 0 Å². The van der Waals surface area contributed by atoms with E-state index in [0.717, 1.165) is 48.5 Å². The highest BCUT2D eigenvalue weighted by atomic mass is 16.5. The number of allylic oxidation sites excluding steroid dienone is 4. The van der Waals surface area contributed by atoms with Crippen LogP contribution in [0.25, 0.3) is 0 Å². The van der Waals surface area contributed by atoms with Gasteiger partial charge >= 0.3 is 6.15 Å². The number of rotatable bonds is 11. The molecule has 270 valence electrons. The van der Waals surface area contributed by atoms with Crippen molar-refractivity contribution in [2.75, 3.05) is 14.2 Å². The van der Waals surface area contributed by atoms with Gasteiger partial charge in [0.05, 0.1) is 14.2 Å². The van der Waals surface area contributed by atoms with Crippen molar-refractivity contribution in [2.45, 2.75) is 143 Å². The summed E-state index contributed by atoms with van der Waals surface area (Å²) >= 11 is 0. The van der Waals surface area contributed by atoms with Gasteiger partial charge in [-0.15, -0.1) is 0 Å². The topological polar surface area (TPSA) is 82.1 Å². The number of hydrogen-bond donors (Lipinski definition) is 1. The average molecular weight is 675 g/mol. The molecule has 1 aliphatic heterocycles. The van der Waals surface area contributed by atoms with Crippen LogP contribution in [0.3, 0.4) is 0 Å². The zero-order chi connectivity index (χ0) is 36.1. The molecule has 0 bridgehead atoms. The SMILES string of the molecule is CCCCCc1cc(O)c2c(c1)OC(C)(C)[C@@H]1CCC(C)=C[C@@H]21.CCCCCc1cc(OC)c([C@@H]2C=C(C)CC[C@H]2C)c(OC)c1.O=C=O. The molecule has 6 heteroatoms. The molecule has 6 nitrogen and oxygen atoms in total. The van der Waals surface area contributed by atoms with Gasteiger partial charge in [0.1, 0.15) is 28.6 Å². The van der Waals surface area contributed by atoms with Crippen LogP contribution in [0.15, 0.2) is 47.6 Å². The number of hydrogen-bond acceptors (Lipinski definition) is 6. The fourth-order valence-corrected chi connectivity index (χ4v) is 7.90. The number of carbonyl (C=O) groups excluding carboxylic acids is 2. The summed E-state index contributed by atoms with van der Waals surface area (Å²) in [6, 6.07) is 8.57. The Morgan fingerprint density at radius 2 is 1.31 bits per heavy atom. The van der Waals surface area contributed by atoms with Crippen molar-refractivity contribution >= 4 is 6.15 Å². The molecule has 0 saturated carbocycles. The monoisotopic (exact) mass is 674 g/mol. The first-order chi connectivity index (χ1) is 23.4. The summed E-state index contributed by atoms with van der Waals surface area (Å²) in [6.45, 7) is 15.6. The van der Waals surface area contributed by atoms with Crippen molar-refractivity contribution in [3.63, 3.8) is 0 Å². The van der Waals surface area contributed by atoms with Crippen LogP contribution < -0.4 is 14.2 Å². The first-order valence-electron chi connectivity index (χ1n) is 18.6. The van der Waals surface area contributed by atoms with Gasteiger partial charge in [-0.2, -0.15) is 9.59 Å². The summed E-state index contributed by atoms with van der Waals surface area (Å²) in [7, 11) is 3.55. The van der Waals surface area contributed by atoms with E-state index < -0.39 is 0 Å². The number of methoxy groups -OCH3 is 2. The van der Waals surface area contributed by atoms with E-state index in [2.05, 4.69) is 78.8 Å². The number of aryl methyl sites for hydroxylation is 2. The van der Waals surface area contributed by atoms with Crippen LogP contribution in [0, 0.1) is 11.8 Å². The Morgan fingerprint density at radius 1 is 0.796 bits per heavy atom.